The Labute approximate surface area is 120 Å². The van der Waals surface area contributed by atoms with Crippen molar-refractivity contribution < 1.29 is 4.74 Å². The summed E-state index contributed by atoms with van der Waals surface area (Å²) in [4.78, 5) is 0. The number of anilines is 1. The normalized spacial score (nSPS) is 10.0. The number of hydrogen-bond acceptors (Lipinski definition) is 3. The number of benzene rings is 1. The first kappa shape index (κ1) is 13.5. The van der Waals surface area contributed by atoms with Gasteiger partial charge in [0.25, 0.3) is 0 Å². The third kappa shape index (κ3) is 3.30. The van der Waals surface area contributed by atoms with Crippen molar-refractivity contribution in [2.45, 2.75) is 6.54 Å². The Morgan fingerprint density at radius 3 is 2.79 bits per heavy atom. The van der Waals surface area contributed by atoms with Crippen LogP contribution in [0.3, 0.4) is 0 Å². The van der Waals surface area contributed by atoms with Crippen LogP contribution >= 0.6 is 15.9 Å². The van der Waals surface area contributed by atoms with Crippen LogP contribution in [0.5, 0.6) is 5.75 Å². The van der Waals surface area contributed by atoms with Crippen LogP contribution in [0.1, 0.15) is 11.3 Å². The number of nitrogens with one attached hydrogen (secondary N) is 1. The van der Waals surface area contributed by atoms with E-state index in [4.69, 9.17) is 10.00 Å². The number of hydrogen-bond donors (Lipinski definition) is 1. The lowest BCUT2D eigenvalue weighted by molar-refractivity contribution is 0.414. The van der Waals surface area contributed by atoms with E-state index < -0.39 is 0 Å². The Morgan fingerprint density at radius 1 is 1.37 bits per heavy atom. The average Bonchev–Trinajstić information content (AvgIpc) is 2.76. The minimum Gasteiger partial charge on any atom is -0.497 e. The third-order valence-corrected chi connectivity index (χ3v) is 3.24. The first-order valence-electron chi connectivity index (χ1n) is 5.76. The molecule has 0 saturated heterocycles. The molecule has 0 aliphatic heterocycles. The molecule has 1 aromatic heterocycles. The molecule has 0 spiro atoms. The molecule has 2 aromatic rings. The molecule has 1 aromatic carbocycles. The number of nitriles is 1. The van der Waals surface area contributed by atoms with Gasteiger partial charge in [-0.2, -0.15) is 5.26 Å². The van der Waals surface area contributed by atoms with Crippen molar-refractivity contribution in [1.29, 1.82) is 5.26 Å². The largest absolute Gasteiger partial charge is 0.497 e. The highest BCUT2D eigenvalue weighted by molar-refractivity contribution is 9.10. The monoisotopic (exact) mass is 319 g/mol. The van der Waals surface area contributed by atoms with E-state index in [1.54, 1.807) is 7.11 Å². The van der Waals surface area contributed by atoms with Crippen molar-refractivity contribution >= 4 is 21.6 Å². The van der Waals surface area contributed by atoms with Gasteiger partial charge in [-0.3, -0.25) is 0 Å². The summed E-state index contributed by atoms with van der Waals surface area (Å²) in [6.45, 7) is 0.662. The summed E-state index contributed by atoms with van der Waals surface area (Å²) in [5.41, 5.74) is 2.69. The highest BCUT2D eigenvalue weighted by Gasteiger charge is 2.03. The van der Waals surface area contributed by atoms with E-state index >= 15 is 0 Å². The van der Waals surface area contributed by atoms with Gasteiger partial charge >= 0.3 is 0 Å². The predicted octanol–water partition coefficient (Wildman–Crippen LogP) is 3.28. The van der Waals surface area contributed by atoms with Crippen LogP contribution < -0.4 is 10.1 Å². The maximum absolute atomic E-state index is 8.91. The number of nitrogens with zero attached hydrogens (tertiary/aromatic N) is 2. The lowest BCUT2D eigenvalue weighted by atomic mass is 10.2. The molecule has 98 valence electrons. The number of ether oxygens (including phenoxy) is 1. The van der Waals surface area contributed by atoms with Gasteiger partial charge in [-0.1, -0.05) is 15.9 Å². The minimum absolute atomic E-state index is 0.656. The van der Waals surface area contributed by atoms with Gasteiger partial charge in [0.05, 0.1) is 7.11 Å². The van der Waals surface area contributed by atoms with Gasteiger partial charge in [-0.25, -0.2) is 0 Å². The van der Waals surface area contributed by atoms with Gasteiger partial charge in [0.15, 0.2) is 0 Å². The van der Waals surface area contributed by atoms with Gasteiger partial charge in [0.1, 0.15) is 17.5 Å². The quantitative estimate of drug-likeness (QED) is 0.940. The fraction of sp³-hybridized carbons (Fsp3) is 0.214. The predicted molar refractivity (Wildman–Crippen MR) is 78.1 cm³/mol. The van der Waals surface area contributed by atoms with Crippen molar-refractivity contribution in [2.24, 2.45) is 7.05 Å². The summed E-state index contributed by atoms with van der Waals surface area (Å²) in [5, 5.41) is 12.2. The molecule has 1 N–H and O–H groups in total. The van der Waals surface area contributed by atoms with Crippen LogP contribution in [0, 0.1) is 11.3 Å². The van der Waals surface area contributed by atoms with E-state index in [9.17, 15) is 0 Å². The second-order valence-corrected chi connectivity index (χ2v) is 5.11. The van der Waals surface area contributed by atoms with Crippen LogP contribution in [-0.4, -0.2) is 11.7 Å². The molecule has 4 nitrogen and oxygen atoms in total. The highest BCUT2D eigenvalue weighted by Crippen LogP contribution is 2.24. The zero-order valence-electron chi connectivity index (χ0n) is 10.8. The van der Waals surface area contributed by atoms with Crippen LogP contribution in [0.15, 0.2) is 34.9 Å². The molecule has 0 unspecified atom stereocenters. The number of aromatic nitrogens is 1. The number of rotatable bonds is 4. The second-order valence-electron chi connectivity index (χ2n) is 4.19. The summed E-state index contributed by atoms with van der Waals surface area (Å²) >= 11 is 3.44. The Kier molecular flexibility index (Phi) is 4.13. The van der Waals surface area contributed by atoms with E-state index in [0.29, 0.717) is 12.2 Å². The number of aryl methyl sites for hydroxylation is 1. The maximum atomic E-state index is 8.91. The SMILES string of the molecule is COc1cc(Br)cc(NCc2cc(C#N)n(C)c2)c1. The summed E-state index contributed by atoms with van der Waals surface area (Å²) in [5.74, 6) is 0.794. The van der Waals surface area contributed by atoms with Gasteiger partial charge in [0, 0.05) is 36.0 Å². The van der Waals surface area contributed by atoms with Gasteiger partial charge < -0.3 is 14.6 Å². The molecule has 2 rings (SSSR count). The summed E-state index contributed by atoms with van der Waals surface area (Å²) in [7, 11) is 3.51. The topological polar surface area (TPSA) is 50.0 Å². The fourth-order valence-corrected chi connectivity index (χ4v) is 2.30. The van der Waals surface area contributed by atoms with Crippen molar-refractivity contribution in [1.82, 2.24) is 4.57 Å². The first-order chi connectivity index (χ1) is 9.12. The molecular weight excluding hydrogens is 306 g/mol. The summed E-state index contributed by atoms with van der Waals surface area (Å²) in [6, 6.07) is 9.84. The van der Waals surface area contributed by atoms with E-state index in [2.05, 4.69) is 27.3 Å². The Hall–Kier alpha value is -1.93. The van der Waals surface area contributed by atoms with E-state index in [1.807, 2.05) is 42.1 Å². The van der Waals surface area contributed by atoms with Crippen molar-refractivity contribution in [3.05, 3.63) is 46.2 Å². The molecular formula is C14H14BrN3O. The third-order valence-electron chi connectivity index (χ3n) is 2.78. The zero-order valence-corrected chi connectivity index (χ0v) is 12.4. The van der Waals surface area contributed by atoms with Crippen LogP contribution in [0.2, 0.25) is 0 Å². The average molecular weight is 320 g/mol. The lowest BCUT2D eigenvalue weighted by Crippen LogP contribution is -1.98. The minimum atomic E-state index is 0.656. The highest BCUT2D eigenvalue weighted by atomic mass is 79.9. The molecule has 0 aliphatic rings. The van der Waals surface area contributed by atoms with Gasteiger partial charge in [-0.05, 0) is 23.8 Å². The van der Waals surface area contributed by atoms with Gasteiger partial charge in [-0.15, -0.1) is 0 Å². The number of halogens is 1. The zero-order chi connectivity index (χ0) is 13.8. The Morgan fingerprint density at radius 2 is 2.16 bits per heavy atom. The standard InChI is InChI=1S/C14H14BrN3O/c1-18-9-10(3-13(18)7-16)8-17-12-4-11(15)5-14(6-12)19-2/h3-6,9,17H,8H2,1-2H3. The molecule has 5 heteroatoms. The molecule has 0 aliphatic carbocycles. The molecule has 1 heterocycles. The molecule has 0 fully saturated rings. The lowest BCUT2D eigenvalue weighted by Gasteiger charge is -2.08. The van der Waals surface area contributed by atoms with E-state index in [-0.39, 0.29) is 0 Å². The fourth-order valence-electron chi connectivity index (χ4n) is 1.83. The molecule has 0 radical (unpaired) electrons. The Balaban J connectivity index is 2.10. The van der Waals surface area contributed by atoms with Crippen LogP contribution in [-0.2, 0) is 13.6 Å². The van der Waals surface area contributed by atoms with E-state index in [1.165, 1.54) is 0 Å². The van der Waals surface area contributed by atoms with Crippen LogP contribution in [0.25, 0.3) is 0 Å². The number of methoxy groups -OCH3 is 1. The molecule has 0 atom stereocenters. The summed E-state index contributed by atoms with van der Waals surface area (Å²) < 4.78 is 7.99. The summed E-state index contributed by atoms with van der Waals surface area (Å²) in [6.07, 6.45) is 1.95. The maximum Gasteiger partial charge on any atom is 0.122 e. The molecule has 0 saturated carbocycles. The second kappa shape index (κ2) is 5.81. The van der Waals surface area contributed by atoms with Gasteiger partial charge in [0.2, 0.25) is 0 Å². The molecule has 0 bridgehead atoms. The first-order valence-corrected chi connectivity index (χ1v) is 6.55. The smallest absolute Gasteiger partial charge is 0.122 e. The Bertz CT molecular complexity index is 628. The molecule has 0 amide bonds. The van der Waals surface area contributed by atoms with Crippen molar-refractivity contribution in [2.75, 3.05) is 12.4 Å². The molecule has 19 heavy (non-hydrogen) atoms. The van der Waals surface area contributed by atoms with Crippen molar-refractivity contribution in [3.63, 3.8) is 0 Å². The van der Waals surface area contributed by atoms with Crippen molar-refractivity contribution in [3.8, 4) is 11.8 Å². The van der Waals surface area contributed by atoms with E-state index in [0.717, 1.165) is 21.5 Å². The van der Waals surface area contributed by atoms with Crippen LogP contribution in [0.4, 0.5) is 5.69 Å².